The van der Waals surface area contributed by atoms with Gasteiger partial charge in [-0.05, 0) is 26.8 Å². The molecule has 0 aromatic heterocycles. The summed E-state index contributed by atoms with van der Waals surface area (Å²) >= 11 is 5.68. The van der Waals surface area contributed by atoms with Crippen LogP contribution in [-0.2, 0) is 16.1 Å². The Morgan fingerprint density at radius 3 is 2.52 bits per heavy atom. The lowest BCUT2D eigenvalue weighted by atomic mass is 10.1. The number of likely N-dealkylation sites (N-methyl/N-ethyl adjacent to an activating group) is 1. The quantitative estimate of drug-likeness (QED) is 0.741. The Bertz CT molecular complexity index is 668. The Labute approximate surface area is 161 Å². The van der Waals surface area contributed by atoms with Crippen LogP contribution in [0.4, 0.5) is 18.0 Å². The van der Waals surface area contributed by atoms with E-state index in [-0.39, 0.29) is 17.1 Å². The lowest BCUT2D eigenvalue weighted by Crippen LogP contribution is -2.50. The van der Waals surface area contributed by atoms with Crippen LogP contribution < -0.4 is 5.32 Å². The number of nitrogens with zero attached hydrogens (tertiary/aromatic N) is 1. The Balaban J connectivity index is 2.89. The number of hydrogen-bond donors (Lipinski definition) is 1. The number of carbonyl (C=O) groups excluding carboxylic acids is 2. The number of halogens is 4. The van der Waals surface area contributed by atoms with Gasteiger partial charge >= 0.3 is 6.09 Å². The molecule has 152 valence electrons. The predicted molar refractivity (Wildman–Crippen MR) is 96.5 cm³/mol. The second kappa shape index (κ2) is 9.82. The molecule has 2 amide bonds. The van der Waals surface area contributed by atoms with Crippen LogP contribution >= 0.6 is 11.6 Å². The molecular formula is C18H24ClF3N2O3. The van der Waals surface area contributed by atoms with E-state index in [0.717, 1.165) is 4.90 Å². The van der Waals surface area contributed by atoms with E-state index in [2.05, 4.69) is 5.32 Å². The minimum Gasteiger partial charge on any atom is -0.444 e. The second-order valence-corrected chi connectivity index (χ2v) is 7.43. The van der Waals surface area contributed by atoms with Gasteiger partial charge in [0, 0.05) is 25.6 Å². The molecule has 1 rings (SSSR count). The molecule has 5 nitrogen and oxygen atoms in total. The average molecular weight is 409 g/mol. The fourth-order valence-electron chi connectivity index (χ4n) is 2.19. The molecule has 9 heteroatoms. The lowest BCUT2D eigenvalue weighted by molar-refractivity contribution is -0.127. The minimum absolute atomic E-state index is 0.106. The molecule has 0 saturated carbocycles. The molecule has 0 bridgehead atoms. The van der Waals surface area contributed by atoms with Crippen LogP contribution in [-0.4, -0.2) is 48.4 Å². The first kappa shape index (κ1) is 23.1. The zero-order valence-electron chi connectivity index (χ0n) is 15.7. The van der Waals surface area contributed by atoms with Gasteiger partial charge < -0.3 is 10.1 Å². The SMILES string of the molecule is CN(C(=O)OC(C)(C)C)C(CC(F)CF)C(=O)NCc1cccc(Cl)c1F. The van der Waals surface area contributed by atoms with Gasteiger partial charge in [0.05, 0.1) is 5.02 Å². The summed E-state index contributed by atoms with van der Waals surface area (Å²) in [6.45, 7) is 3.38. The highest BCUT2D eigenvalue weighted by atomic mass is 35.5. The van der Waals surface area contributed by atoms with Crippen molar-refractivity contribution in [3.05, 3.63) is 34.6 Å². The largest absolute Gasteiger partial charge is 0.444 e. The summed E-state index contributed by atoms with van der Waals surface area (Å²) in [5, 5.41) is 2.31. The van der Waals surface area contributed by atoms with E-state index in [1.807, 2.05) is 0 Å². The average Bonchev–Trinajstić information content (AvgIpc) is 2.58. The summed E-state index contributed by atoms with van der Waals surface area (Å²) in [6.07, 6.45) is -3.35. The maximum Gasteiger partial charge on any atom is 0.410 e. The van der Waals surface area contributed by atoms with Crippen LogP contribution in [0.5, 0.6) is 0 Å². The van der Waals surface area contributed by atoms with E-state index in [4.69, 9.17) is 16.3 Å². The zero-order chi connectivity index (χ0) is 20.8. The van der Waals surface area contributed by atoms with Crippen LogP contribution in [0.25, 0.3) is 0 Å². The zero-order valence-corrected chi connectivity index (χ0v) is 16.4. The topological polar surface area (TPSA) is 58.6 Å². The van der Waals surface area contributed by atoms with Crippen molar-refractivity contribution in [2.45, 2.75) is 51.6 Å². The van der Waals surface area contributed by atoms with Crippen molar-refractivity contribution in [1.82, 2.24) is 10.2 Å². The number of hydrogen-bond acceptors (Lipinski definition) is 3. The summed E-state index contributed by atoms with van der Waals surface area (Å²) in [4.78, 5) is 25.5. The molecule has 0 radical (unpaired) electrons. The molecule has 1 aromatic rings. The van der Waals surface area contributed by atoms with Gasteiger partial charge in [-0.3, -0.25) is 9.69 Å². The first-order valence-electron chi connectivity index (χ1n) is 8.32. The highest BCUT2D eigenvalue weighted by molar-refractivity contribution is 6.30. The molecule has 27 heavy (non-hydrogen) atoms. The third-order valence-electron chi connectivity index (χ3n) is 3.58. The Kier molecular flexibility index (Phi) is 8.40. The van der Waals surface area contributed by atoms with Gasteiger partial charge in [-0.15, -0.1) is 0 Å². The number of ether oxygens (including phenoxy) is 1. The normalized spacial score (nSPS) is 13.6. The van der Waals surface area contributed by atoms with Gasteiger partial charge in [0.2, 0.25) is 5.91 Å². The van der Waals surface area contributed by atoms with Gasteiger partial charge in [-0.25, -0.2) is 18.0 Å². The summed E-state index contributed by atoms with van der Waals surface area (Å²) in [7, 11) is 1.25. The maximum atomic E-state index is 13.9. The van der Waals surface area contributed by atoms with Gasteiger partial charge in [0.15, 0.2) is 0 Å². The van der Waals surface area contributed by atoms with Crippen molar-refractivity contribution < 1.29 is 27.5 Å². The van der Waals surface area contributed by atoms with E-state index in [0.29, 0.717) is 0 Å². The predicted octanol–water partition coefficient (Wildman–Crippen LogP) is 4.03. The molecule has 0 spiro atoms. The van der Waals surface area contributed by atoms with Crippen LogP contribution in [0.15, 0.2) is 18.2 Å². The molecule has 1 N–H and O–H groups in total. The van der Waals surface area contributed by atoms with E-state index < -0.39 is 48.7 Å². The monoisotopic (exact) mass is 408 g/mol. The molecular weight excluding hydrogens is 385 g/mol. The first-order valence-corrected chi connectivity index (χ1v) is 8.70. The number of rotatable bonds is 7. The molecule has 0 saturated heterocycles. The molecule has 0 aliphatic carbocycles. The van der Waals surface area contributed by atoms with Gasteiger partial charge in [0.1, 0.15) is 30.3 Å². The number of amides is 2. The van der Waals surface area contributed by atoms with Gasteiger partial charge in [-0.1, -0.05) is 23.7 Å². The fourth-order valence-corrected chi connectivity index (χ4v) is 2.39. The van der Waals surface area contributed by atoms with Crippen molar-refractivity contribution in [3.63, 3.8) is 0 Å². The van der Waals surface area contributed by atoms with Crippen molar-refractivity contribution >= 4 is 23.6 Å². The van der Waals surface area contributed by atoms with E-state index in [9.17, 15) is 22.8 Å². The number of alkyl halides is 2. The van der Waals surface area contributed by atoms with Crippen molar-refractivity contribution in [1.29, 1.82) is 0 Å². The number of carbonyl (C=O) groups is 2. The van der Waals surface area contributed by atoms with E-state index in [1.165, 1.54) is 25.2 Å². The first-order chi connectivity index (χ1) is 12.5. The van der Waals surface area contributed by atoms with Crippen LogP contribution in [0, 0.1) is 5.82 Å². The van der Waals surface area contributed by atoms with Crippen molar-refractivity contribution in [3.8, 4) is 0 Å². The third kappa shape index (κ3) is 7.28. The molecule has 0 heterocycles. The molecule has 0 fully saturated rings. The van der Waals surface area contributed by atoms with Gasteiger partial charge in [-0.2, -0.15) is 0 Å². The van der Waals surface area contributed by atoms with Crippen LogP contribution in [0.3, 0.4) is 0 Å². The standard InChI is InChI=1S/C18H24ClF3N2O3/c1-18(2,3)27-17(26)24(4)14(8-12(21)9-20)16(25)23-10-11-6-5-7-13(19)15(11)22/h5-7,12,14H,8-10H2,1-4H3,(H,23,25). The number of nitrogens with one attached hydrogen (secondary N) is 1. The summed E-state index contributed by atoms with van der Waals surface area (Å²) in [5.74, 6) is -1.46. The van der Waals surface area contributed by atoms with Crippen LogP contribution in [0.2, 0.25) is 5.02 Å². The van der Waals surface area contributed by atoms with Gasteiger partial charge in [0.25, 0.3) is 0 Å². The van der Waals surface area contributed by atoms with Crippen molar-refractivity contribution in [2.24, 2.45) is 0 Å². The molecule has 2 atom stereocenters. The molecule has 2 unspecified atom stereocenters. The minimum atomic E-state index is -1.94. The Morgan fingerprint density at radius 2 is 1.96 bits per heavy atom. The second-order valence-electron chi connectivity index (χ2n) is 7.03. The summed E-state index contributed by atoms with van der Waals surface area (Å²) in [5.41, 5.74) is -0.706. The molecule has 0 aliphatic heterocycles. The Hall–Kier alpha value is -1.96. The number of benzene rings is 1. The smallest absolute Gasteiger partial charge is 0.410 e. The summed E-state index contributed by atoms with van der Waals surface area (Å²) < 4.78 is 45.2. The maximum absolute atomic E-state index is 13.9. The van der Waals surface area contributed by atoms with Crippen molar-refractivity contribution in [2.75, 3.05) is 13.7 Å². The fraction of sp³-hybridized carbons (Fsp3) is 0.556. The molecule has 1 aromatic carbocycles. The Morgan fingerprint density at radius 1 is 1.33 bits per heavy atom. The summed E-state index contributed by atoms with van der Waals surface area (Å²) in [6, 6.07) is 2.97. The highest BCUT2D eigenvalue weighted by Crippen LogP contribution is 2.18. The van der Waals surface area contributed by atoms with E-state index in [1.54, 1.807) is 20.8 Å². The van der Waals surface area contributed by atoms with Crippen LogP contribution in [0.1, 0.15) is 32.8 Å². The highest BCUT2D eigenvalue weighted by Gasteiger charge is 2.32. The van der Waals surface area contributed by atoms with E-state index >= 15 is 0 Å². The third-order valence-corrected chi connectivity index (χ3v) is 3.87. The lowest BCUT2D eigenvalue weighted by Gasteiger charge is -2.30. The molecule has 0 aliphatic rings.